The van der Waals surface area contributed by atoms with Crippen LogP contribution in [0.5, 0.6) is 0 Å². The van der Waals surface area contributed by atoms with E-state index in [2.05, 4.69) is 37.0 Å². The predicted octanol–water partition coefficient (Wildman–Crippen LogP) is 4.39. The zero-order chi connectivity index (χ0) is 13.1. The number of thiophene rings is 1. The minimum atomic E-state index is -0.0321. The van der Waals surface area contributed by atoms with E-state index in [9.17, 15) is 4.79 Å². The van der Waals surface area contributed by atoms with Crippen LogP contribution < -0.4 is 0 Å². The van der Waals surface area contributed by atoms with E-state index in [4.69, 9.17) is 0 Å². The highest BCUT2D eigenvalue weighted by Gasteiger charge is 2.06. The van der Waals surface area contributed by atoms with Crippen molar-refractivity contribution in [1.82, 2.24) is 9.78 Å². The van der Waals surface area contributed by atoms with Gasteiger partial charge in [0.25, 0.3) is 0 Å². The Bertz CT molecular complexity index is 581. The Morgan fingerprint density at radius 3 is 2.89 bits per heavy atom. The summed E-state index contributed by atoms with van der Waals surface area (Å²) in [5.74, 6) is -0.0321. The number of halogens is 2. The van der Waals surface area contributed by atoms with E-state index in [0.717, 1.165) is 19.7 Å². The van der Waals surface area contributed by atoms with Gasteiger partial charge in [0.05, 0.1) is 15.5 Å². The third-order valence-corrected chi connectivity index (χ3v) is 5.53. The third kappa shape index (κ3) is 3.18. The minimum Gasteiger partial charge on any atom is -0.289 e. The number of carbonyl (C=O) groups is 1. The van der Waals surface area contributed by atoms with Crippen molar-refractivity contribution in [1.29, 1.82) is 0 Å². The molecule has 0 atom stereocenters. The van der Waals surface area contributed by atoms with Gasteiger partial charge < -0.3 is 0 Å². The Kier molecular flexibility index (Phi) is 4.53. The lowest BCUT2D eigenvalue weighted by Gasteiger charge is -1.90. The van der Waals surface area contributed by atoms with E-state index in [1.54, 1.807) is 34.5 Å². The van der Waals surface area contributed by atoms with Crippen LogP contribution in [-0.2, 0) is 6.54 Å². The molecule has 0 saturated carbocycles. The first-order chi connectivity index (χ1) is 8.60. The van der Waals surface area contributed by atoms with Crippen LogP contribution in [0, 0.1) is 0 Å². The lowest BCUT2D eigenvalue weighted by atomic mass is 10.2. The van der Waals surface area contributed by atoms with Crippen LogP contribution in [0.3, 0.4) is 0 Å². The summed E-state index contributed by atoms with van der Waals surface area (Å²) in [6.45, 7) is 2.75. The molecule has 2 rings (SSSR count). The Hall–Kier alpha value is -0.720. The largest absolute Gasteiger partial charge is 0.289 e. The number of aryl methyl sites for hydroxylation is 1. The molecular formula is C12H10Br2N2OS. The molecule has 0 unspecified atom stereocenters. The average Bonchev–Trinajstić information content (AvgIpc) is 2.94. The van der Waals surface area contributed by atoms with Gasteiger partial charge in [-0.05, 0) is 57.0 Å². The number of aromatic nitrogens is 2. The molecule has 0 radical (unpaired) electrons. The van der Waals surface area contributed by atoms with Gasteiger partial charge in [-0.25, -0.2) is 0 Å². The fourth-order valence-corrected chi connectivity index (χ4v) is 3.36. The second-order valence-electron chi connectivity index (χ2n) is 3.55. The Morgan fingerprint density at radius 2 is 2.33 bits per heavy atom. The summed E-state index contributed by atoms with van der Waals surface area (Å²) >= 11 is 8.40. The van der Waals surface area contributed by atoms with Crippen molar-refractivity contribution < 1.29 is 4.79 Å². The van der Waals surface area contributed by atoms with Gasteiger partial charge in [0, 0.05) is 22.1 Å². The van der Waals surface area contributed by atoms with Gasteiger partial charge in [-0.3, -0.25) is 9.48 Å². The number of allylic oxidation sites excluding steroid dienone is 1. The summed E-state index contributed by atoms with van der Waals surface area (Å²) in [7, 11) is 0. The molecule has 6 heteroatoms. The van der Waals surface area contributed by atoms with Crippen LogP contribution >= 0.6 is 43.2 Å². The Labute approximate surface area is 126 Å². The predicted molar refractivity (Wildman–Crippen MR) is 81.0 cm³/mol. The topological polar surface area (TPSA) is 34.9 Å². The molecule has 0 aliphatic rings. The van der Waals surface area contributed by atoms with Crippen molar-refractivity contribution in [3.05, 3.63) is 43.2 Å². The molecule has 0 saturated heterocycles. The number of carbonyl (C=O) groups excluding carboxylic acids is 1. The van der Waals surface area contributed by atoms with Crippen LogP contribution in [-0.4, -0.2) is 15.6 Å². The van der Waals surface area contributed by atoms with Crippen molar-refractivity contribution in [2.24, 2.45) is 0 Å². The van der Waals surface area contributed by atoms with E-state index in [0.29, 0.717) is 5.56 Å². The standard InChI is InChI=1S/C12H10Br2N2OS/c1-2-16-7-8(6-15-16)11(17)4-3-9-5-10(13)12(14)18-9/h3-7H,2H2,1H3/b4-3+. The van der Waals surface area contributed by atoms with Gasteiger partial charge >= 0.3 is 0 Å². The molecule has 0 amide bonds. The van der Waals surface area contributed by atoms with Gasteiger partial charge in [0.15, 0.2) is 5.78 Å². The lowest BCUT2D eigenvalue weighted by Crippen LogP contribution is -1.94. The van der Waals surface area contributed by atoms with E-state index in [-0.39, 0.29) is 5.78 Å². The molecule has 0 aromatic carbocycles. The number of hydrogen-bond acceptors (Lipinski definition) is 3. The lowest BCUT2D eigenvalue weighted by molar-refractivity contribution is 0.104. The molecule has 18 heavy (non-hydrogen) atoms. The fraction of sp³-hybridized carbons (Fsp3) is 0.167. The molecule has 94 valence electrons. The monoisotopic (exact) mass is 388 g/mol. The van der Waals surface area contributed by atoms with Crippen LogP contribution in [0.2, 0.25) is 0 Å². The first-order valence-corrected chi connectivity index (χ1v) is 7.70. The zero-order valence-electron chi connectivity index (χ0n) is 9.56. The van der Waals surface area contributed by atoms with E-state index in [1.807, 2.05) is 19.1 Å². The molecule has 0 spiro atoms. The molecule has 2 aromatic rings. The quantitative estimate of drug-likeness (QED) is 0.574. The maximum atomic E-state index is 11.9. The fourth-order valence-electron chi connectivity index (χ4n) is 1.36. The smallest absolute Gasteiger partial charge is 0.189 e. The molecular weight excluding hydrogens is 380 g/mol. The first-order valence-electron chi connectivity index (χ1n) is 5.30. The summed E-state index contributed by atoms with van der Waals surface area (Å²) < 4.78 is 3.76. The SMILES string of the molecule is CCn1cc(C(=O)/C=C/c2cc(Br)c(Br)s2)cn1. The zero-order valence-corrected chi connectivity index (χ0v) is 13.5. The molecule has 2 heterocycles. The summed E-state index contributed by atoms with van der Waals surface area (Å²) in [5, 5.41) is 4.08. The number of hydrogen-bond donors (Lipinski definition) is 0. The third-order valence-electron chi connectivity index (χ3n) is 2.30. The maximum absolute atomic E-state index is 11.9. The summed E-state index contributed by atoms with van der Waals surface area (Å²) in [6.07, 6.45) is 6.73. The van der Waals surface area contributed by atoms with Gasteiger partial charge in [0.2, 0.25) is 0 Å². The Morgan fingerprint density at radius 1 is 1.56 bits per heavy atom. The number of ketones is 1. The van der Waals surface area contributed by atoms with E-state index < -0.39 is 0 Å². The van der Waals surface area contributed by atoms with Crippen molar-refractivity contribution in [3.8, 4) is 0 Å². The first kappa shape index (κ1) is 13.7. The van der Waals surface area contributed by atoms with Gasteiger partial charge in [-0.1, -0.05) is 0 Å². The average molecular weight is 390 g/mol. The van der Waals surface area contributed by atoms with Crippen molar-refractivity contribution >= 4 is 55.1 Å². The number of rotatable bonds is 4. The normalized spacial score (nSPS) is 11.3. The van der Waals surface area contributed by atoms with Crippen molar-refractivity contribution in [2.75, 3.05) is 0 Å². The summed E-state index contributed by atoms with van der Waals surface area (Å²) in [6, 6.07) is 1.97. The van der Waals surface area contributed by atoms with E-state index >= 15 is 0 Å². The maximum Gasteiger partial charge on any atom is 0.189 e. The minimum absolute atomic E-state index is 0.0321. The van der Waals surface area contributed by atoms with E-state index in [1.165, 1.54) is 0 Å². The molecule has 0 aliphatic carbocycles. The highest BCUT2D eigenvalue weighted by molar-refractivity contribution is 9.13. The highest BCUT2D eigenvalue weighted by atomic mass is 79.9. The molecule has 2 aromatic heterocycles. The summed E-state index contributed by atoms with van der Waals surface area (Å²) in [4.78, 5) is 12.9. The summed E-state index contributed by atoms with van der Waals surface area (Å²) in [5.41, 5.74) is 0.614. The van der Waals surface area contributed by atoms with Gasteiger partial charge in [0.1, 0.15) is 0 Å². The molecule has 0 N–H and O–H groups in total. The van der Waals surface area contributed by atoms with Gasteiger partial charge in [-0.15, -0.1) is 11.3 Å². The van der Waals surface area contributed by atoms with Crippen molar-refractivity contribution in [3.63, 3.8) is 0 Å². The number of nitrogens with zero attached hydrogens (tertiary/aromatic N) is 2. The second kappa shape index (κ2) is 5.95. The van der Waals surface area contributed by atoms with Crippen LogP contribution in [0.1, 0.15) is 22.2 Å². The van der Waals surface area contributed by atoms with Crippen LogP contribution in [0.25, 0.3) is 6.08 Å². The highest BCUT2D eigenvalue weighted by Crippen LogP contribution is 2.33. The molecule has 3 nitrogen and oxygen atoms in total. The van der Waals surface area contributed by atoms with Gasteiger partial charge in [-0.2, -0.15) is 5.10 Å². The molecule has 0 bridgehead atoms. The Balaban J connectivity index is 2.11. The van der Waals surface area contributed by atoms with Crippen LogP contribution in [0.4, 0.5) is 0 Å². The molecule has 0 fully saturated rings. The van der Waals surface area contributed by atoms with Crippen molar-refractivity contribution in [2.45, 2.75) is 13.5 Å². The second-order valence-corrected chi connectivity index (χ2v) is 6.81. The van der Waals surface area contributed by atoms with Crippen LogP contribution in [0.15, 0.2) is 32.8 Å². The molecule has 0 aliphatic heterocycles.